The average molecular weight is 335 g/mol. The number of rotatable bonds is 6. The predicted molar refractivity (Wildman–Crippen MR) is 89.1 cm³/mol. The van der Waals surface area contributed by atoms with Gasteiger partial charge in [0.25, 0.3) is 0 Å². The summed E-state index contributed by atoms with van der Waals surface area (Å²) in [6.07, 6.45) is 3.32. The third-order valence-corrected chi connectivity index (χ3v) is 5.24. The van der Waals surface area contributed by atoms with E-state index in [-0.39, 0.29) is 17.2 Å². The molecule has 0 spiro atoms. The topological polar surface area (TPSA) is 66.7 Å². The maximum atomic E-state index is 12.9. The first-order valence-corrected chi connectivity index (χ1v) is 8.57. The van der Waals surface area contributed by atoms with E-state index in [1.165, 1.54) is 4.31 Å². The third kappa shape index (κ3) is 4.00. The van der Waals surface area contributed by atoms with Gasteiger partial charge in [-0.1, -0.05) is 35.5 Å². The maximum absolute atomic E-state index is 12.9. The lowest BCUT2D eigenvalue weighted by atomic mass is 10.2. The van der Waals surface area contributed by atoms with Crippen LogP contribution in [-0.2, 0) is 16.6 Å². The Hall–Kier alpha value is -2.12. The van der Waals surface area contributed by atoms with Crippen LogP contribution in [0.3, 0.4) is 0 Å². The smallest absolute Gasteiger partial charge is 0.248 e. The third-order valence-electron chi connectivity index (χ3n) is 3.27. The van der Waals surface area contributed by atoms with E-state index in [1.54, 1.807) is 31.1 Å². The average Bonchev–Trinajstić information content (AvgIpc) is 2.87. The van der Waals surface area contributed by atoms with Crippen molar-refractivity contribution in [3.8, 4) is 0 Å². The van der Waals surface area contributed by atoms with E-state index in [0.717, 1.165) is 5.56 Å². The van der Waals surface area contributed by atoms with Crippen LogP contribution in [0.25, 0.3) is 6.08 Å². The number of benzene rings is 1. The highest BCUT2D eigenvalue weighted by Gasteiger charge is 2.29. The highest BCUT2D eigenvalue weighted by molar-refractivity contribution is 7.89. The Morgan fingerprint density at radius 1 is 1.17 bits per heavy atom. The largest absolute Gasteiger partial charge is 0.383 e. The molecule has 0 N–H and O–H groups in total. The number of aryl methyl sites for hydroxylation is 1. The van der Waals surface area contributed by atoms with Gasteiger partial charge in [0, 0.05) is 40.0 Å². The Morgan fingerprint density at radius 2 is 1.83 bits per heavy atom. The van der Waals surface area contributed by atoms with Gasteiger partial charge in [-0.15, -0.1) is 0 Å². The van der Waals surface area contributed by atoms with Crippen molar-refractivity contribution < 1.29 is 12.9 Å². The lowest BCUT2D eigenvalue weighted by Gasteiger charge is -2.17. The van der Waals surface area contributed by atoms with Crippen LogP contribution in [0, 0.1) is 6.92 Å². The second kappa shape index (κ2) is 6.97. The summed E-state index contributed by atoms with van der Waals surface area (Å²) in [4.78, 5) is 1.90. The number of sulfonamides is 1. The SMILES string of the molecule is Cc1noc(/C=C/N(C)C)c1S(=O)(=O)N(C)Cc1ccccc1. The van der Waals surface area contributed by atoms with Crippen molar-refractivity contribution in [3.63, 3.8) is 0 Å². The standard InChI is InChI=1S/C16H21N3O3S/c1-13-16(15(22-17-13)10-11-18(2)3)23(20,21)19(4)12-14-8-6-5-7-9-14/h5-11H,12H2,1-4H3/b11-10+. The molecule has 1 heterocycles. The minimum absolute atomic E-state index is 0.106. The van der Waals surface area contributed by atoms with Crippen molar-refractivity contribution in [3.05, 3.63) is 53.5 Å². The molecular formula is C16H21N3O3S. The fourth-order valence-electron chi connectivity index (χ4n) is 2.10. The molecule has 0 saturated heterocycles. The molecule has 0 unspecified atom stereocenters. The van der Waals surface area contributed by atoms with Crippen LogP contribution in [0.2, 0.25) is 0 Å². The molecule has 0 aliphatic carbocycles. The number of aromatic nitrogens is 1. The molecule has 1 aromatic carbocycles. The van der Waals surface area contributed by atoms with Gasteiger partial charge in [-0.3, -0.25) is 0 Å². The zero-order valence-corrected chi connectivity index (χ0v) is 14.5. The van der Waals surface area contributed by atoms with Crippen LogP contribution < -0.4 is 0 Å². The first kappa shape index (κ1) is 17.2. The van der Waals surface area contributed by atoms with Gasteiger partial charge >= 0.3 is 0 Å². The highest BCUT2D eigenvalue weighted by atomic mass is 32.2. The number of hydrogen-bond acceptors (Lipinski definition) is 5. The molecule has 7 heteroatoms. The van der Waals surface area contributed by atoms with E-state index in [4.69, 9.17) is 4.52 Å². The van der Waals surface area contributed by atoms with Crippen LogP contribution >= 0.6 is 0 Å². The van der Waals surface area contributed by atoms with Crippen molar-refractivity contribution in [1.82, 2.24) is 14.4 Å². The summed E-state index contributed by atoms with van der Waals surface area (Å²) in [5, 5.41) is 3.80. The summed E-state index contributed by atoms with van der Waals surface area (Å²) >= 11 is 0. The predicted octanol–water partition coefficient (Wildman–Crippen LogP) is 2.34. The van der Waals surface area contributed by atoms with Crippen LogP contribution in [0.5, 0.6) is 0 Å². The minimum atomic E-state index is -3.70. The second-order valence-electron chi connectivity index (χ2n) is 5.49. The van der Waals surface area contributed by atoms with Crippen molar-refractivity contribution >= 4 is 16.1 Å². The zero-order valence-electron chi connectivity index (χ0n) is 13.7. The molecule has 0 bridgehead atoms. The molecule has 0 aliphatic heterocycles. The molecule has 2 aromatic rings. The van der Waals surface area contributed by atoms with E-state index < -0.39 is 10.0 Å². The Bertz CT molecular complexity index is 780. The molecular weight excluding hydrogens is 314 g/mol. The van der Waals surface area contributed by atoms with Crippen molar-refractivity contribution in [2.75, 3.05) is 21.1 Å². The summed E-state index contributed by atoms with van der Waals surface area (Å²) in [5.74, 6) is 0.233. The van der Waals surface area contributed by atoms with Gasteiger partial charge in [0.1, 0.15) is 5.69 Å². The fourth-order valence-corrected chi connectivity index (χ4v) is 3.50. The number of nitrogens with zero attached hydrogens (tertiary/aromatic N) is 3. The molecule has 23 heavy (non-hydrogen) atoms. The second-order valence-corrected chi connectivity index (χ2v) is 7.47. The van der Waals surface area contributed by atoms with E-state index >= 15 is 0 Å². The summed E-state index contributed by atoms with van der Waals surface area (Å²) in [6.45, 7) is 1.91. The van der Waals surface area contributed by atoms with Gasteiger partial charge in [0.05, 0.1) is 0 Å². The minimum Gasteiger partial charge on any atom is -0.383 e. The van der Waals surface area contributed by atoms with Crippen LogP contribution in [0.4, 0.5) is 0 Å². The van der Waals surface area contributed by atoms with Gasteiger partial charge in [0.15, 0.2) is 10.7 Å². The summed E-state index contributed by atoms with van der Waals surface area (Å²) in [7, 11) is 1.54. The quantitative estimate of drug-likeness (QED) is 0.810. The van der Waals surface area contributed by atoms with Gasteiger partial charge in [-0.2, -0.15) is 4.31 Å². The molecule has 0 fully saturated rings. The molecule has 0 amide bonds. The van der Waals surface area contributed by atoms with Gasteiger partial charge in [-0.25, -0.2) is 8.42 Å². The van der Waals surface area contributed by atoms with Crippen LogP contribution in [-0.4, -0.2) is 43.9 Å². The summed E-state index contributed by atoms with van der Waals surface area (Å²) in [6, 6.07) is 9.43. The molecule has 0 atom stereocenters. The normalized spacial score (nSPS) is 12.2. The van der Waals surface area contributed by atoms with Crippen molar-refractivity contribution in [2.45, 2.75) is 18.4 Å². The molecule has 0 aliphatic rings. The van der Waals surface area contributed by atoms with E-state index in [2.05, 4.69) is 5.16 Å². The first-order valence-electron chi connectivity index (χ1n) is 7.13. The Labute approximate surface area is 137 Å². The monoisotopic (exact) mass is 335 g/mol. The van der Waals surface area contributed by atoms with E-state index in [1.807, 2.05) is 44.4 Å². The van der Waals surface area contributed by atoms with Gasteiger partial charge in [0.2, 0.25) is 10.0 Å². The van der Waals surface area contributed by atoms with E-state index in [0.29, 0.717) is 5.69 Å². The fraction of sp³-hybridized carbons (Fsp3) is 0.312. The lowest BCUT2D eigenvalue weighted by Crippen LogP contribution is -2.27. The highest BCUT2D eigenvalue weighted by Crippen LogP contribution is 2.25. The first-order chi connectivity index (χ1) is 10.8. The Kier molecular flexibility index (Phi) is 5.23. The van der Waals surface area contributed by atoms with Crippen molar-refractivity contribution in [2.24, 2.45) is 0 Å². The summed E-state index contributed by atoms with van der Waals surface area (Å²) < 4.78 is 32.2. The molecule has 1 aromatic heterocycles. The van der Waals surface area contributed by atoms with Crippen LogP contribution in [0.1, 0.15) is 17.0 Å². The molecule has 0 radical (unpaired) electrons. The lowest BCUT2D eigenvalue weighted by molar-refractivity contribution is 0.404. The van der Waals surface area contributed by atoms with Gasteiger partial charge < -0.3 is 9.42 Å². The molecule has 124 valence electrons. The van der Waals surface area contributed by atoms with E-state index in [9.17, 15) is 8.42 Å². The van der Waals surface area contributed by atoms with Gasteiger partial charge in [-0.05, 0) is 12.5 Å². The Balaban J connectivity index is 2.34. The number of hydrogen-bond donors (Lipinski definition) is 0. The molecule has 0 saturated carbocycles. The maximum Gasteiger partial charge on any atom is 0.248 e. The molecule has 6 nitrogen and oxygen atoms in total. The zero-order chi connectivity index (χ0) is 17.0. The summed E-state index contributed by atoms with van der Waals surface area (Å²) in [5.41, 5.74) is 1.27. The van der Waals surface area contributed by atoms with Crippen LogP contribution in [0.15, 0.2) is 46.0 Å². The van der Waals surface area contributed by atoms with Crippen molar-refractivity contribution in [1.29, 1.82) is 0 Å². The Morgan fingerprint density at radius 3 is 2.43 bits per heavy atom. The molecule has 2 rings (SSSR count).